The van der Waals surface area contributed by atoms with Gasteiger partial charge in [-0.3, -0.25) is 14.5 Å². The van der Waals surface area contributed by atoms with E-state index in [1.54, 1.807) is 0 Å². The van der Waals surface area contributed by atoms with Crippen molar-refractivity contribution in [2.45, 2.75) is 45.1 Å². The number of imide groups is 1. The molecule has 0 atom stereocenters. The van der Waals surface area contributed by atoms with E-state index in [2.05, 4.69) is 12.2 Å². The van der Waals surface area contributed by atoms with E-state index in [9.17, 15) is 9.59 Å². The fraction of sp³-hybridized carbons (Fsp3) is 0.429. The summed E-state index contributed by atoms with van der Waals surface area (Å²) in [5, 5.41) is 4.26. The third-order valence-electron chi connectivity index (χ3n) is 5.52. The molecule has 0 spiro atoms. The molecule has 1 saturated carbocycles. The lowest BCUT2D eigenvalue weighted by molar-refractivity contribution is -0.139. The van der Waals surface area contributed by atoms with Crippen molar-refractivity contribution in [1.82, 2.24) is 14.8 Å². The molecule has 2 heterocycles. The molecule has 0 bridgehead atoms. The molecule has 1 aliphatic heterocycles. The first-order valence-electron chi connectivity index (χ1n) is 9.54. The number of rotatable bonds is 5. The molecule has 2 aromatic rings. The zero-order valence-corrected chi connectivity index (χ0v) is 15.4. The minimum Gasteiger partial charge on any atom is -0.380 e. The number of carbonyl (C=O) groups is 2. The summed E-state index contributed by atoms with van der Waals surface area (Å²) in [5.74, 6) is -0.296. The van der Waals surface area contributed by atoms with E-state index in [1.807, 2.05) is 42.1 Å². The molecule has 2 amide bonds. The molecule has 5 nitrogen and oxygen atoms in total. The van der Waals surface area contributed by atoms with E-state index in [-0.39, 0.29) is 17.9 Å². The van der Waals surface area contributed by atoms with Crippen LogP contribution in [-0.4, -0.2) is 33.9 Å². The third-order valence-corrected chi connectivity index (χ3v) is 5.52. The van der Waals surface area contributed by atoms with Gasteiger partial charge < -0.3 is 9.88 Å². The number of carbonyl (C=O) groups excluding carboxylic acids is 2. The Morgan fingerprint density at radius 3 is 2.58 bits per heavy atom. The van der Waals surface area contributed by atoms with Gasteiger partial charge in [-0.1, -0.05) is 38.0 Å². The van der Waals surface area contributed by atoms with Crippen LogP contribution in [0.15, 0.2) is 36.2 Å². The number of nitrogens with one attached hydrogen (secondary N) is 1. The Morgan fingerprint density at radius 1 is 1.12 bits per heavy atom. The lowest BCUT2D eigenvalue weighted by Gasteiger charge is -2.22. The normalized spacial score (nSPS) is 18.6. The summed E-state index contributed by atoms with van der Waals surface area (Å²) in [4.78, 5) is 28.0. The lowest BCUT2D eigenvalue weighted by atomic mass is 10.0. The average Bonchev–Trinajstić information content (AvgIpc) is 3.32. The highest BCUT2D eigenvalue weighted by atomic mass is 16.2. The summed E-state index contributed by atoms with van der Waals surface area (Å²) >= 11 is 0. The van der Waals surface area contributed by atoms with Crippen LogP contribution in [0.2, 0.25) is 0 Å². The molecule has 0 saturated heterocycles. The van der Waals surface area contributed by atoms with Crippen molar-refractivity contribution in [3.8, 4) is 0 Å². The maximum Gasteiger partial charge on any atom is 0.277 e. The predicted octanol–water partition coefficient (Wildman–Crippen LogP) is 3.20. The van der Waals surface area contributed by atoms with Gasteiger partial charge in [0.25, 0.3) is 11.8 Å². The fourth-order valence-corrected chi connectivity index (χ4v) is 4.25. The molecule has 1 aliphatic carbocycles. The highest BCUT2D eigenvalue weighted by Crippen LogP contribution is 2.37. The minimum absolute atomic E-state index is 0.0425. The molecular weight excluding hydrogens is 326 g/mol. The monoisotopic (exact) mass is 351 g/mol. The molecule has 136 valence electrons. The Hall–Kier alpha value is -2.56. The van der Waals surface area contributed by atoms with Crippen molar-refractivity contribution in [1.29, 1.82) is 0 Å². The highest BCUT2D eigenvalue weighted by Gasteiger charge is 2.43. The zero-order chi connectivity index (χ0) is 18.3. The SMILES string of the molecule is CCCNC1=C(c2cn(C)c3ccccc23)C(=O)N(C2CCCC2)C1=O. The zero-order valence-electron chi connectivity index (χ0n) is 15.4. The summed E-state index contributed by atoms with van der Waals surface area (Å²) in [6.45, 7) is 2.74. The van der Waals surface area contributed by atoms with Crippen molar-refractivity contribution in [3.05, 3.63) is 41.7 Å². The first-order valence-corrected chi connectivity index (χ1v) is 9.54. The van der Waals surface area contributed by atoms with Crippen molar-refractivity contribution in [3.63, 3.8) is 0 Å². The number of benzene rings is 1. The van der Waals surface area contributed by atoms with Crippen LogP contribution in [0, 0.1) is 0 Å². The Bertz CT molecular complexity index is 903. The molecule has 5 heteroatoms. The quantitative estimate of drug-likeness (QED) is 0.842. The Kier molecular flexibility index (Phi) is 4.31. The van der Waals surface area contributed by atoms with Crippen molar-refractivity contribution >= 4 is 28.3 Å². The van der Waals surface area contributed by atoms with Gasteiger partial charge in [0.1, 0.15) is 5.70 Å². The maximum atomic E-state index is 13.3. The summed E-state index contributed by atoms with van der Waals surface area (Å²) in [7, 11) is 1.97. The number of amides is 2. The average molecular weight is 351 g/mol. The molecule has 1 fully saturated rings. The number of aryl methyl sites for hydroxylation is 1. The van der Waals surface area contributed by atoms with E-state index in [1.165, 1.54) is 4.90 Å². The summed E-state index contributed by atoms with van der Waals surface area (Å²) in [5.41, 5.74) is 2.91. The van der Waals surface area contributed by atoms with Crippen LogP contribution in [0.25, 0.3) is 16.5 Å². The second-order valence-electron chi connectivity index (χ2n) is 7.27. The number of hydrogen-bond donors (Lipinski definition) is 1. The third kappa shape index (κ3) is 2.54. The van der Waals surface area contributed by atoms with Gasteiger partial charge >= 0.3 is 0 Å². The Labute approximate surface area is 153 Å². The summed E-state index contributed by atoms with van der Waals surface area (Å²) in [6, 6.07) is 8.06. The van der Waals surface area contributed by atoms with E-state index < -0.39 is 0 Å². The number of hydrogen-bond acceptors (Lipinski definition) is 3. The van der Waals surface area contributed by atoms with Gasteiger partial charge in [-0.2, -0.15) is 0 Å². The highest BCUT2D eigenvalue weighted by molar-refractivity contribution is 6.37. The van der Waals surface area contributed by atoms with Gasteiger partial charge in [0.05, 0.1) is 5.57 Å². The predicted molar refractivity (Wildman–Crippen MR) is 102 cm³/mol. The van der Waals surface area contributed by atoms with Crippen LogP contribution < -0.4 is 5.32 Å². The Balaban J connectivity index is 1.85. The molecule has 1 N–H and O–H groups in total. The molecule has 1 aromatic heterocycles. The Morgan fingerprint density at radius 2 is 1.85 bits per heavy atom. The summed E-state index contributed by atoms with van der Waals surface area (Å²) in [6.07, 6.45) is 6.88. The molecule has 26 heavy (non-hydrogen) atoms. The van der Waals surface area contributed by atoms with Gasteiger partial charge in [0, 0.05) is 42.3 Å². The van der Waals surface area contributed by atoms with Gasteiger partial charge in [-0.05, 0) is 25.3 Å². The number of fused-ring (bicyclic) bond motifs is 1. The van der Waals surface area contributed by atoms with E-state index in [4.69, 9.17) is 0 Å². The van der Waals surface area contributed by atoms with Crippen molar-refractivity contribution in [2.24, 2.45) is 7.05 Å². The van der Waals surface area contributed by atoms with Crippen molar-refractivity contribution < 1.29 is 9.59 Å². The van der Waals surface area contributed by atoms with E-state index >= 15 is 0 Å². The first kappa shape index (κ1) is 16.9. The van der Waals surface area contributed by atoms with Gasteiger partial charge in [0.15, 0.2) is 0 Å². The van der Waals surface area contributed by atoms with Gasteiger partial charge in [-0.25, -0.2) is 0 Å². The lowest BCUT2D eigenvalue weighted by Crippen LogP contribution is -2.40. The first-order chi connectivity index (χ1) is 12.6. The van der Waals surface area contributed by atoms with Crippen LogP contribution >= 0.6 is 0 Å². The van der Waals surface area contributed by atoms with Gasteiger partial charge in [-0.15, -0.1) is 0 Å². The second-order valence-corrected chi connectivity index (χ2v) is 7.27. The topological polar surface area (TPSA) is 54.3 Å². The van der Waals surface area contributed by atoms with Crippen LogP contribution in [0.5, 0.6) is 0 Å². The van der Waals surface area contributed by atoms with E-state index in [0.29, 0.717) is 17.8 Å². The van der Waals surface area contributed by atoms with Crippen LogP contribution in [0.4, 0.5) is 0 Å². The molecular formula is C21H25N3O2. The van der Waals surface area contributed by atoms with Crippen LogP contribution in [0.1, 0.15) is 44.6 Å². The maximum absolute atomic E-state index is 13.3. The van der Waals surface area contributed by atoms with Crippen LogP contribution in [-0.2, 0) is 16.6 Å². The van der Waals surface area contributed by atoms with Crippen molar-refractivity contribution in [2.75, 3.05) is 6.54 Å². The summed E-state index contributed by atoms with van der Waals surface area (Å²) < 4.78 is 2.02. The fourth-order valence-electron chi connectivity index (χ4n) is 4.25. The molecule has 2 aliphatic rings. The van der Waals surface area contributed by atoms with E-state index in [0.717, 1.165) is 48.6 Å². The standard InChI is InChI=1S/C21H25N3O2/c1-3-12-22-19-18(16-13-23(2)17-11-7-6-10-15(16)17)20(25)24(21(19)26)14-8-4-5-9-14/h6-7,10-11,13-14,22H,3-5,8-9,12H2,1-2H3. The molecule has 0 unspecified atom stereocenters. The second kappa shape index (κ2) is 6.63. The molecule has 4 rings (SSSR count). The minimum atomic E-state index is -0.154. The smallest absolute Gasteiger partial charge is 0.277 e. The molecule has 1 aromatic carbocycles. The number of para-hydroxylation sites is 1. The number of nitrogens with zero attached hydrogens (tertiary/aromatic N) is 2. The number of aromatic nitrogens is 1. The van der Waals surface area contributed by atoms with Gasteiger partial charge in [0.2, 0.25) is 0 Å². The largest absolute Gasteiger partial charge is 0.380 e. The molecule has 0 radical (unpaired) electrons. The van der Waals surface area contributed by atoms with Crippen LogP contribution in [0.3, 0.4) is 0 Å².